The van der Waals surface area contributed by atoms with Gasteiger partial charge in [-0.05, 0) is 44.9 Å². The first kappa shape index (κ1) is 31.4. The number of ether oxygens (including phenoxy) is 2. The smallest absolute Gasteiger partial charge is 0.157 e. The van der Waals surface area contributed by atoms with E-state index in [1.165, 1.54) is 126 Å². The third-order valence-corrected chi connectivity index (χ3v) is 6.48. The van der Waals surface area contributed by atoms with Gasteiger partial charge in [0.25, 0.3) is 0 Å². The number of alkyl halides is 1. The van der Waals surface area contributed by atoms with E-state index in [1.54, 1.807) is 0 Å². The summed E-state index contributed by atoms with van der Waals surface area (Å²) in [4.78, 5) is 0. The third kappa shape index (κ3) is 26.5. The Hall–Kier alpha value is 0.390. The lowest BCUT2D eigenvalue weighted by atomic mass is 10.1. The summed E-state index contributed by atoms with van der Waals surface area (Å²) in [7, 11) is 0. The normalized spacial score (nSPS) is 11.9. The average molecular weight is 551 g/mol. The molecule has 0 rings (SSSR count). The minimum Gasteiger partial charge on any atom is -0.353 e. The van der Waals surface area contributed by atoms with Gasteiger partial charge in [0.1, 0.15) is 0 Å². The Bertz CT molecular complexity index is 330. The van der Waals surface area contributed by atoms with Gasteiger partial charge in [0.15, 0.2) is 6.29 Å². The van der Waals surface area contributed by atoms with Gasteiger partial charge < -0.3 is 9.47 Å². The van der Waals surface area contributed by atoms with E-state index in [4.69, 9.17) is 9.47 Å². The SMILES string of the molecule is CCCCCCCOC(CCCCCCCCC/C=C/CCI)OCCCCCCC. The molecule has 0 amide bonds. The number of hydrogen-bond acceptors (Lipinski definition) is 2. The van der Waals surface area contributed by atoms with Crippen molar-refractivity contribution in [3.8, 4) is 0 Å². The molecule has 0 aliphatic carbocycles. The van der Waals surface area contributed by atoms with Crippen LogP contribution in [-0.2, 0) is 9.47 Å². The zero-order valence-corrected chi connectivity index (χ0v) is 23.3. The highest BCUT2D eigenvalue weighted by molar-refractivity contribution is 14.1. The summed E-state index contributed by atoms with van der Waals surface area (Å²) in [5, 5.41) is 0. The van der Waals surface area contributed by atoms with E-state index in [2.05, 4.69) is 48.6 Å². The van der Waals surface area contributed by atoms with Crippen LogP contribution in [0.2, 0.25) is 0 Å². The Labute approximate surface area is 209 Å². The van der Waals surface area contributed by atoms with E-state index in [9.17, 15) is 0 Å². The molecule has 0 unspecified atom stereocenters. The van der Waals surface area contributed by atoms with Gasteiger partial charge in [0.05, 0.1) is 0 Å². The van der Waals surface area contributed by atoms with Crippen LogP contribution in [0, 0.1) is 0 Å². The van der Waals surface area contributed by atoms with Gasteiger partial charge in [-0.3, -0.25) is 0 Å². The van der Waals surface area contributed by atoms with Crippen LogP contribution < -0.4 is 0 Å². The van der Waals surface area contributed by atoms with Crippen molar-refractivity contribution in [2.75, 3.05) is 17.6 Å². The fourth-order valence-electron chi connectivity index (χ4n) is 3.81. The fourth-order valence-corrected chi connectivity index (χ4v) is 4.17. The van der Waals surface area contributed by atoms with Gasteiger partial charge >= 0.3 is 0 Å². The Morgan fingerprint density at radius 3 is 1.55 bits per heavy atom. The molecule has 31 heavy (non-hydrogen) atoms. The molecular weight excluding hydrogens is 495 g/mol. The number of hydrogen-bond donors (Lipinski definition) is 0. The monoisotopic (exact) mass is 550 g/mol. The van der Waals surface area contributed by atoms with Crippen LogP contribution in [0.3, 0.4) is 0 Å². The highest BCUT2D eigenvalue weighted by atomic mass is 127. The van der Waals surface area contributed by atoms with Crippen LogP contribution in [0.15, 0.2) is 12.2 Å². The maximum absolute atomic E-state index is 6.12. The molecule has 3 heteroatoms. The van der Waals surface area contributed by atoms with E-state index >= 15 is 0 Å². The van der Waals surface area contributed by atoms with Gasteiger partial charge in [0.2, 0.25) is 0 Å². The largest absolute Gasteiger partial charge is 0.353 e. The van der Waals surface area contributed by atoms with Crippen molar-refractivity contribution < 1.29 is 9.47 Å². The van der Waals surface area contributed by atoms with E-state index in [-0.39, 0.29) is 6.29 Å². The van der Waals surface area contributed by atoms with Gasteiger partial charge in [-0.15, -0.1) is 0 Å². The van der Waals surface area contributed by atoms with Crippen molar-refractivity contribution in [3.05, 3.63) is 12.2 Å². The average Bonchev–Trinajstić information content (AvgIpc) is 2.78. The molecular formula is C28H55IO2. The van der Waals surface area contributed by atoms with Crippen LogP contribution in [0.5, 0.6) is 0 Å². The summed E-state index contributed by atoms with van der Waals surface area (Å²) in [5.74, 6) is 0. The summed E-state index contributed by atoms with van der Waals surface area (Å²) in [5.41, 5.74) is 0. The second-order valence-electron chi connectivity index (χ2n) is 9.00. The Morgan fingerprint density at radius 1 is 0.548 bits per heavy atom. The van der Waals surface area contributed by atoms with Gasteiger partial charge in [0, 0.05) is 17.6 Å². The molecule has 0 heterocycles. The van der Waals surface area contributed by atoms with Crippen molar-refractivity contribution in [1.29, 1.82) is 0 Å². The lowest BCUT2D eigenvalue weighted by Crippen LogP contribution is -2.19. The van der Waals surface area contributed by atoms with Crippen LogP contribution in [-0.4, -0.2) is 23.9 Å². The van der Waals surface area contributed by atoms with Crippen molar-refractivity contribution >= 4 is 22.6 Å². The summed E-state index contributed by atoms with van der Waals surface area (Å²) < 4.78 is 13.5. The molecule has 0 atom stereocenters. The topological polar surface area (TPSA) is 18.5 Å². The molecule has 0 saturated carbocycles. The van der Waals surface area contributed by atoms with Gasteiger partial charge in [-0.25, -0.2) is 0 Å². The van der Waals surface area contributed by atoms with Crippen molar-refractivity contribution in [3.63, 3.8) is 0 Å². The van der Waals surface area contributed by atoms with Crippen molar-refractivity contribution in [2.45, 2.75) is 149 Å². The molecule has 0 aliphatic rings. The molecule has 2 nitrogen and oxygen atoms in total. The Morgan fingerprint density at radius 2 is 1.00 bits per heavy atom. The molecule has 0 aromatic carbocycles. The molecule has 0 N–H and O–H groups in total. The lowest BCUT2D eigenvalue weighted by molar-refractivity contribution is -0.148. The lowest BCUT2D eigenvalue weighted by Gasteiger charge is -2.19. The number of halogens is 1. The number of unbranched alkanes of at least 4 members (excludes halogenated alkanes) is 15. The zero-order chi connectivity index (χ0) is 22.7. The first-order valence-electron chi connectivity index (χ1n) is 13.8. The molecule has 0 spiro atoms. The minimum absolute atomic E-state index is 0.0340. The van der Waals surface area contributed by atoms with Crippen LogP contribution >= 0.6 is 22.6 Å². The molecule has 0 aromatic heterocycles. The summed E-state index contributed by atoms with van der Waals surface area (Å²) in [6, 6.07) is 0. The van der Waals surface area contributed by atoms with E-state index < -0.39 is 0 Å². The minimum atomic E-state index is 0.0340. The Kier molecular flexibility index (Phi) is 28.8. The van der Waals surface area contributed by atoms with Crippen LogP contribution in [0.4, 0.5) is 0 Å². The molecule has 0 radical (unpaired) electrons. The molecule has 0 aromatic rings. The van der Waals surface area contributed by atoms with Crippen molar-refractivity contribution in [1.82, 2.24) is 0 Å². The summed E-state index contributed by atoms with van der Waals surface area (Å²) in [6.45, 7) is 6.28. The molecule has 0 fully saturated rings. The number of rotatable bonds is 26. The molecule has 186 valence electrons. The van der Waals surface area contributed by atoms with Crippen molar-refractivity contribution in [2.24, 2.45) is 0 Å². The van der Waals surface area contributed by atoms with Gasteiger partial charge in [-0.1, -0.05) is 132 Å². The van der Waals surface area contributed by atoms with Gasteiger partial charge in [-0.2, -0.15) is 0 Å². The second kappa shape index (κ2) is 28.4. The summed E-state index contributed by atoms with van der Waals surface area (Å²) >= 11 is 2.44. The zero-order valence-electron chi connectivity index (χ0n) is 21.2. The predicted molar refractivity (Wildman–Crippen MR) is 147 cm³/mol. The highest BCUT2D eigenvalue weighted by Crippen LogP contribution is 2.14. The molecule has 0 bridgehead atoms. The molecule has 0 saturated heterocycles. The summed E-state index contributed by atoms with van der Waals surface area (Å²) in [6.07, 6.45) is 30.7. The maximum Gasteiger partial charge on any atom is 0.157 e. The second-order valence-corrected chi connectivity index (χ2v) is 10.1. The standard InChI is InChI=1S/C28H55IO2/c1-3-5-7-18-22-26-30-28(31-27-23-19-8-6-4-2)24-20-16-14-12-10-9-11-13-15-17-21-25-29/h15,17,28H,3-14,16,18-27H2,1-2H3/b17-15+. The number of allylic oxidation sites excluding steroid dienone is 2. The third-order valence-electron chi connectivity index (χ3n) is 5.86. The quantitative estimate of drug-likeness (QED) is 0.0351. The molecule has 0 aliphatic heterocycles. The maximum atomic E-state index is 6.12. The fraction of sp³-hybridized carbons (Fsp3) is 0.929. The predicted octanol–water partition coefficient (Wildman–Crippen LogP) is 10.2. The highest BCUT2D eigenvalue weighted by Gasteiger charge is 2.09. The van der Waals surface area contributed by atoms with E-state index in [1.807, 2.05) is 0 Å². The van der Waals surface area contributed by atoms with Crippen LogP contribution in [0.25, 0.3) is 0 Å². The van der Waals surface area contributed by atoms with Crippen LogP contribution in [0.1, 0.15) is 142 Å². The van der Waals surface area contributed by atoms with E-state index in [0.29, 0.717) is 0 Å². The first-order chi connectivity index (χ1) is 15.3. The first-order valence-corrected chi connectivity index (χ1v) is 15.3. The Balaban J connectivity index is 3.75. The van der Waals surface area contributed by atoms with E-state index in [0.717, 1.165) is 19.6 Å².